The molecule has 1 aliphatic heterocycles. The minimum Gasteiger partial charge on any atom is -0.343 e. The highest BCUT2D eigenvalue weighted by atomic mass is 32.2. The second-order valence-electron chi connectivity index (χ2n) is 2.92. The summed E-state index contributed by atoms with van der Waals surface area (Å²) in [4.78, 5) is 0. The van der Waals surface area contributed by atoms with Gasteiger partial charge >= 0.3 is 0 Å². The summed E-state index contributed by atoms with van der Waals surface area (Å²) >= 11 is 0. The van der Waals surface area contributed by atoms with Gasteiger partial charge in [0.1, 0.15) is 0 Å². The Morgan fingerprint density at radius 3 is 2.62 bits per heavy atom. The van der Waals surface area contributed by atoms with Gasteiger partial charge in [-0.1, -0.05) is 0 Å². The van der Waals surface area contributed by atoms with E-state index in [1.165, 1.54) is 0 Å². The van der Waals surface area contributed by atoms with E-state index in [9.17, 15) is 8.42 Å². The van der Waals surface area contributed by atoms with E-state index < -0.39 is 22.3 Å². The molecule has 13 heavy (non-hydrogen) atoms. The Bertz CT molecular complexity index is 275. The van der Waals surface area contributed by atoms with Crippen molar-refractivity contribution in [3.05, 3.63) is 0 Å². The lowest BCUT2D eigenvalue weighted by Gasteiger charge is -2.15. The monoisotopic (exact) mass is 212 g/mol. The molecule has 0 aromatic heterocycles. The van der Waals surface area contributed by atoms with Crippen LogP contribution in [0.3, 0.4) is 0 Å². The van der Waals surface area contributed by atoms with Crippen LogP contribution in [0.25, 0.3) is 0 Å². The molecule has 5 N–H and O–H groups in total. The van der Waals surface area contributed by atoms with Gasteiger partial charge < -0.3 is 14.9 Å². The summed E-state index contributed by atoms with van der Waals surface area (Å²) in [5, 5.41) is 22.5. The van der Waals surface area contributed by atoms with Crippen molar-refractivity contribution < 1.29 is 23.4 Å². The van der Waals surface area contributed by atoms with Crippen LogP contribution in [0.2, 0.25) is 0 Å². The maximum Gasteiger partial charge on any atom is 0.278 e. The van der Waals surface area contributed by atoms with Crippen molar-refractivity contribution in [1.29, 1.82) is 0 Å². The highest BCUT2D eigenvalue weighted by Gasteiger charge is 2.36. The Hall–Kier alpha value is -0.250. The molecule has 0 aliphatic carbocycles. The van der Waals surface area contributed by atoms with E-state index >= 15 is 0 Å². The number of hydrogen-bond donors (Lipinski definition) is 4. The van der Waals surface area contributed by atoms with E-state index in [1.807, 2.05) is 4.72 Å². The van der Waals surface area contributed by atoms with E-state index in [4.69, 9.17) is 10.2 Å². The van der Waals surface area contributed by atoms with E-state index in [0.717, 1.165) is 0 Å². The number of ether oxygens (including phenoxy) is 1. The van der Waals surface area contributed by atoms with Crippen molar-refractivity contribution >= 4 is 10.2 Å². The molecule has 1 rings (SSSR count). The van der Waals surface area contributed by atoms with Gasteiger partial charge in [-0.05, 0) is 6.42 Å². The standard InChI is InChI=1S/C5H12N2O5S/c6-13(10,11)7-3-4-1-2-5(8,9)12-4/h4,7-9H,1-3H2,(H2,6,10,11). The fourth-order valence-corrected chi connectivity index (χ4v) is 1.50. The van der Waals surface area contributed by atoms with Crippen LogP contribution in [0.1, 0.15) is 12.8 Å². The van der Waals surface area contributed by atoms with Crippen molar-refractivity contribution in [2.45, 2.75) is 24.9 Å². The molecule has 0 amide bonds. The third-order valence-corrected chi connectivity index (χ3v) is 2.23. The fraction of sp³-hybridized carbons (Fsp3) is 1.00. The van der Waals surface area contributed by atoms with E-state index in [1.54, 1.807) is 0 Å². The first kappa shape index (κ1) is 10.8. The van der Waals surface area contributed by atoms with Crippen molar-refractivity contribution in [3.8, 4) is 0 Å². The smallest absolute Gasteiger partial charge is 0.278 e. The zero-order valence-corrected chi connectivity index (χ0v) is 7.62. The van der Waals surface area contributed by atoms with Gasteiger partial charge in [0.15, 0.2) is 0 Å². The summed E-state index contributed by atoms with van der Waals surface area (Å²) in [6.07, 6.45) is -0.118. The van der Waals surface area contributed by atoms with Crippen LogP contribution in [0.15, 0.2) is 0 Å². The van der Waals surface area contributed by atoms with Gasteiger partial charge in [0.2, 0.25) is 0 Å². The Balaban J connectivity index is 2.34. The second kappa shape index (κ2) is 3.48. The molecule has 1 heterocycles. The number of hydrogen-bond acceptors (Lipinski definition) is 5. The summed E-state index contributed by atoms with van der Waals surface area (Å²) < 4.78 is 27.5. The van der Waals surface area contributed by atoms with Crippen molar-refractivity contribution in [1.82, 2.24) is 4.72 Å². The Kier molecular flexibility index (Phi) is 2.90. The van der Waals surface area contributed by atoms with Crippen LogP contribution < -0.4 is 9.86 Å². The van der Waals surface area contributed by atoms with E-state index in [-0.39, 0.29) is 13.0 Å². The van der Waals surface area contributed by atoms with Crippen molar-refractivity contribution in [2.24, 2.45) is 5.14 Å². The molecular weight excluding hydrogens is 200 g/mol. The third kappa shape index (κ3) is 3.98. The molecule has 1 saturated heterocycles. The molecule has 1 fully saturated rings. The first-order valence-corrected chi connectivity index (χ1v) is 5.23. The van der Waals surface area contributed by atoms with E-state index in [2.05, 4.69) is 9.88 Å². The zero-order valence-electron chi connectivity index (χ0n) is 6.80. The van der Waals surface area contributed by atoms with Gasteiger partial charge in [-0.15, -0.1) is 0 Å². The van der Waals surface area contributed by atoms with Gasteiger partial charge in [-0.25, -0.2) is 5.14 Å². The topological polar surface area (TPSA) is 122 Å². The van der Waals surface area contributed by atoms with Crippen LogP contribution in [0.5, 0.6) is 0 Å². The maximum absolute atomic E-state index is 10.4. The summed E-state index contributed by atoms with van der Waals surface area (Å²) in [5.41, 5.74) is 0. The molecule has 1 unspecified atom stereocenters. The molecule has 1 aliphatic rings. The van der Waals surface area contributed by atoms with Crippen LogP contribution in [0, 0.1) is 0 Å². The quantitative estimate of drug-likeness (QED) is 0.388. The minimum absolute atomic E-state index is 0.0539. The van der Waals surface area contributed by atoms with Crippen LogP contribution >= 0.6 is 0 Å². The molecule has 1 atom stereocenters. The highest BCUT2D eigenvalue weighted by Crippen LogP contribution is 2.24. The molecule has 0 bridgehead atoms. The van der Waals surface area contributed by atoms with Crippen molar-refractivity contribution in [2.75, 3.05) is 6.54 Å². The molecule has 7 nitrogen and oxygen atoms in total. The predicted octanol–water partition coefficient (Wildman–Crippen LogP) is -2.40. The van der Waals surface area contributed by atoms with Crippen LogP contribution in [0.4, 0.5) is 0 Å². The lowest BCUT2D eigenvalue weighted by atomic mass is 10.2. The normalized spacial score (nSPS) is 27.8. The summed E-state index contributed by atoms with van der Waals surface area (Å²) in [7, 11) is -3.74. The maximum atomic E-state index is 10.4. The van der Waals surface area contributed by atoms with Gasteiger partial charge in [-0.3, -0.25) is 0 Å². The zero-order chi connectivity index (χ0) is 10.1. The first-order chi connectivity index (χ1) is 5.79. The number of nitrogens with two attached hydrogens (primary N) is 1. The van der Waals surface area contributed by atoms with Crippen LogP contribution in [-0.2, 0) is 14.9 Å². The SMILES string of the molecule is NS(=O)(=O)NCC1CCC(O)(O)O1. The lowest BCUT2D eigenvalue weighted by Crippen LogP contribution is -2.38. The molecule has 0 radical (unpaired) electrons. The first-order valence-electron chi connectivity index (χ1n) is 3.68. The summed E-state index contributed by atoms with van der Waals surface area (Å²) in [6.45, 7) is -0.0539. The molecule has 0 saturated carbocycles. The lowest BCUT2D eigenvalue weighted by molar-refractivity contribution is -0.324. The predicted molar refractivity (Wildman–Crippen MR) is 42.4 cm³/mol. The average molecular weight is 212 g/mol. The molecular formula is C5H12N2O5S. The fourth-order valence-electron chi connectivity index (χ4n) is 1.09. The van der Waals surface area contributed by atoms with Gasteiger partial charge in [0.05, 0.1) is 6.10 Å². The Morgan fingerprint density at radius 2 is 2.23 bits per heavy atom. The number of rotatable bonds is 3. The van der Waals surface area contributed by atoms with Crippen LogP contribution in [-0.4, -0.2) is 37.3 Å². The Labute approximate surface area is 75.7 Å². The highest BCUT2D eigenvalue weighted by molar-refractivity contribution is 7.87. The van der Waals surface area contributed by atoms with Crippen molar-refractivity contribution in [3.63, 3.8) is 0 Å². The summed E-state index contributed by atoms with van der Waals surface area (Å²) in [5.74, 6) is -2.13. The molecule has 8 heteroatoms. The second-order valence-corrected chi connectivity index (χ2v) is 4.29. The molecule has 0 spiro atoms. The molecule has 0 aromatic carbocycles. The van der Waals surface area contributed by atoms with E-state index in [0.29, 0.717) is 6.42 Å². The van der Waals surface area contributed by atoms with Gasteiger partial charge in [-0.2, -0.15) is 13.1 Å². The summed E-state index contributed by atoms with van der Waals surface area (Å²) in [6, 6.07) is 0. The number of aliphatic hydroxyl groups is 2. The largest absolute Gasteiger partial charge is 0.343 e. The molecule has 0 aromatic rings. The van der Waals surface area contributed by atoms with Gasteiger partial charge in [0.25, 0.3) is 16.2 Å². The average Bonchev–Trinajstić information content (AvgIpc) is 2.24. The minimum atomic E-state index is -3.74. The molecule has 78 valence electrons. The number of nitrogens with one attached hydrogen (secondary N) is 1. The Morgan fingerprint density at radius 1 is 1.62 bits per heavy atom. The third-order valence-electron chi connectivity index (χ3n) is 1.66. The van der Waals surface area contributed by atoms with Gasteiger partial charge in [0, 0.05) is 13.0 Å².